The summed E-state index contributed by atoms with van der Waals surface area (Å²) in [5, 5.41) is 2.43. The molecule has 1 atom stereocenters. The number of nitrogens with one attached hydrogen (secondary N) is 1. The second-order valence-corrected chi connectivity index (χ2v) is 5.60. The Bertz CT molecular complexity index is 779. The van der Waals surface area contributed by atoms with E-state index in [9.17, 15) is 18.4 Å². The third kappa shape index (κ3) is 4.21. The molecule has 2 aromatic carbocycles. The van der Waals surface area contributed by atoms with E-state index in [2.05, 4.69) is 0 Å². The second-order valence-electron chi connectivity index (χ2n) is 4.76. The highest BCUT2D eigenvalue weighted by Crippen LogP contribution is 2.22. The van der Waals surface area contributed by atoms with E-state index in [1.807, 2.05) is 5.32 Å². The predicted octanol–water partition coefficient (Wildman–Crippen LogP) is 4.46. The van der Waals surface area contributed by atoms with E-state index in [0.29, 0.717) is 5.02 Å². The molecule has 1 N–H and O–H groups in total. The third-order valence-corrected chi connectivity index (χ3v) is 3.56. The van der Waals surface area contributed by atoms with Crippen LogP contribution < -0.4 is 5.32 Å². The van der Waals surface area contributed by atoms with Gasteiger partial charge in [-0.2, -0.15) is 0 Å². The quantitative estimate of drug-likeness (QED) is 0.805. The van der Waals surface area contributed by atoms with Gasteiger partial charge in [0.25, 0.3) is 5.91 Å². The first-order valence-electron chi connectivity index (χ1n) is 6.70. The molecule has 2 aromatic rings. The molecule has 0 radical (unpaired) electrons. The molecule has 0 bridgehead atoms. The van der Waals surface area contributed by atoms with E-state index in [4.69, 9.17) is 27.9 Å². The fourth-order valence-electron chi connectivity index (χ4n) is 1.77. The number of rotatable bonds is 4. The number of carbonyl (C=O) groups excluding carboxylic acids is 2. The molecular formula is C16H11Cl2F2NO3. The van der Waals surface area contributed by atoms with Gasteiger partial charge in [-0.1, -0.05) is 29.3 Å². The summed E-state index contributed by atoms with van der Waals surface area (Å²) in [7, 11) is 0. The lowest BCUT2D eigenvalue weighted by molar-refractivity contribution is -0.123. The van der Waals surface area contributed by atoms with Crippen LogP contribution in [0.15, 0.2) is 36.4 Å². The molecule has 0 aliphatic rings. The van der Waals surface area contributed by atoms with Crippen LogP contribution in [0.5, 0.6) is 0 Å². The summed E-state index contributed by atoms with van der Waals surface area (Å²) >= 11 is 11.6. The van der Waals surface area contributed by atoms with E-state index < -0.39 is 35.3 Å². The number of benzene rings is 2. The number of anilines is 1. The number of hydrogen-bond donors (Lipinski definition) is 1. The van der Waals surface area contributed by atoms with Gasteiger partial charge in [0.2, 0.25) is 0 Å². The monoisotopic (exact) mass is 373 g/mol. The number of amides is 1. The van der Waals surface area contributed by atoms with Crippen molar-refractivity contribution in [2.24, 2.45) is 0 Å². The maximum atomic E-state index is 13.5. The maximum absolute atomic E-state index is 13.5. The first-order valence-corrected chi connectivity index (χ1v) is 7.46. The highest BCUT2D eigenvalue weighted by Gasteiger charge is 2.22. The molecule has 0 saturated heterocycles. The maximum Gasteiger partial charge on any atom is 0.340 e. The van der Waals surface area contributed by atoms with Gasteiger partial charge >= 0.3 is 5.97 Å². The molecule has 0 aliphatic heterocycles. The van der Waals surface area contributed by atoms with Crippen molar-refractivity contribution < 1.29 is 23.1 Å². The van der Waals surface area contributed by atoms with Crippen LogP contribution in [0.2, 0.25) is 10.0 Å². The van der Waals surface area contributed by atoms with Crippen LogP contribution in [-0.4, -0.2) is 18.0 Å². The standard InChI is InChI=1S/C16H11Cl2F2NO3/c1-8(15(22)21-14-12(19)3-2-4-13(14)20)24-16(23)10-6-5-9(17)7-11(10)18/h2-8H,1H3,(H,21,22)/t8-/m0/s1. The molecule has 0 saturated carbocycles. The Kier molecular flexibility index (Phi) is 5.75. The van der Waals surface area contributed by atoms with Gasteiger partial charge in [0, 0.05) is 5.02 Å². The van der Waals surface area contributed by atoms with Crippen LogP contribution in [0.4, 0.5) is 14.5 Å². The van der Waals surface area contributed by atoms with E-state index >= 15 is 0 Å². The highest BCUT2D eigenvalue weighted by molar-refractivity contribution is 6.36. The first kappa shape index (κ1) is 18.2. The summed E-state index contributed by atoms with van der Waals surface area (Å²) < 4.78 is 31.9. The Labute approximate surface area is 146 Å². The summed E-state index contributed by atoms with van der Waals surface area (Å²) in [6.07, 6.45) is -1.30. The Morgan fingerprint density at radius 3 is 2.33 bits per heavy atom. The van der Waals surface area contributed by atoms with E-state index in [-0.39, 0.29) is 10.6 Å². The molecule has 1 amide bonds. The fraction of sp³-hybridized carbons (Fsp3) is 0.125. The van der Waals surface area contributed by atoms with E-state index in [1.165, 1.54) is 25.1 Å². The summed E-state index contributed by atoms with van der Waals surface area (Å²) in [5.41, 5.74) is -0.604. The molecule has 8 heteroatoms. The van der Waals surface area contributed by atoms with Crippen LogP contribution in [0.1, 0.15) is 17.3 Å². The SMILES string of the molecule is C[C@H](OC(=O)c1ccc(Cl)cc1Cl)C(=O)Nc1c(F)cccc1F. The minimum absolute atomic E-state index is 0.0118. The zero-order valence-electron chi connectivity index (χ0n) is 12.3. The Hall–Kier alpha value is -2.18. The number of esters is 1. The minimum Gasteiger partial charge on any atom is -0.449 e. The molecule has 2 rings (SSSR count). The van der Waals surface area contributed by atoms with E-state index in [1.54, 1.807) is 0 Å². The molecule has 0 aliphatic carbocycles. The van der Waals surface area contributed by atoms with Crippen LogP contribution in [0.3, 0.4) is 0 Å². The van der Waals surface area contributed by atoms with Crippen LogP contribution in [0.25, 0.3) is 0 Å². The smallest absolute Gasteiger partial charge is 0.340 e. The lowest BCUT2D eigenvalue weighted by Crippen LogP contribution is -2.30. The minimum atomic E-state index is -1.30. The van der Waals surface area contributed by atoms with E-state index in [0.717, 1.165) is 18.2 Å². The largest absolute Gasteiger partial charge is 0.449 e. The lowest BCUT2D eigenvalue weighted by Gasteiger charge is -2.14. The lowest BCUT2D eigenvalue weighted by atomic mass is 10.2. The summed E-state index contributed by atoms with van der Waals surface area (Å²) in [6.45, 7) is 1.26. The third-order valence-electron chi connectivity index (χ3n) is 3.02. The van der Waals surface area contributed by atoms with Gasteiger partial charge < -0.3 is 10.1 Å². The van der Waals surface area contributed by atoms with Crippen molar-refractivity contribution in [2.75, 3.05) is 5.32 Å². The van der Waals surface area contributed by atoms with Crippen molar-refractivity contribution in [1.82, 2.24) is 0 Å². The average molecular weight is 374 g/mol. The molecule has 0 aromatic heterocycles. The van der Waals surface area contributed by atoms with Crippen molar-refractivity contribution >= 4 is 40.8 Å². The summed E-state index contributed by atoms with van der Waals surface area (Å²) in [5.74, 6) is -3.64. The van der Waals surface area contributed by atoms with Crippen molar-refractivity contribution in [3.8, 4) is 0 Å². The van der Waals surface area contributed by atoms with Gasteiger partial charge in [0.1, 0.15) is 17.3 Å². The Balaban J connectivity index is 2.07. The predicted molar refractivity (Wildman–Crippen MR) is 86.3 cm³/mol. The first-order chi connectivity index (χ1) is 11.3. The van der Waals surface area contributed by atoms with Gasteiger partial charge in [-0.15, -0.1) is 0 Å². The zero-order chi connectivity index (χ0) is 17.9. The molecule has 0 unspecified atom stereocenters. The highest BCUT2D eigenvalue weighted by atomic mass is 35.5. The number of para-hydroxylation sites is 1. The number of halogens is 4. The fourth-order valence-corrected chi connectivity index (χ4v) is 2.26. The van der Waals surface area contributed by atoms with Crippen LogP contribution in [-0.2, 0) is 9.53 Å². The zero-order valence-corrected chi connectivity index (χ0v) is 13.8. The number of carbonyl (C=O) groups is 2. The number of hydrogen-bond acceptors (Lipinski definition) is 3. The van der Waals surface area contributed by atoms with Crippen molar-refractivity contribution in [3.63, 3.8) is 0 Å². The Morgan fingerprint density at radius 2 is 1.75 bits per heavy atom. The average Bonchev–Trinajstić information content (AvgIpc) is 2.50. The Morgan fingerprint density at radius 1 is 1.12 bits per heavy atom. The van der Waals surface area contributed by atoms with Gasteiger partial charge in [-0.25, -0.2) is 13.6 Å². The molecule has 0 spiro atoms. The van der Waals surface area contributed by atoms with Crippen LogP contribution in [0, 0.1) is 11.6 Å². The molecule has 24 heavy (non-hydrogen) atoms. The topological polar surface area (TPSA) is 55.4 Å². The molecule has 126 valence electrons. The molecule has 4 nitrogen and oxygen atoms in total. The van der Waals surface area contributed by atoms with Gasteiger partial charge in [-0.05, 0) is 37.3 Å². The van der Waals surface area contributed by atoms with Crippen molar-refractivity contribution in [3.05, 3.63) is 63.6 Å². The molecule has 0 fully saturated rings. The molecule has 0 heterocycles. The van der Waals surface area contributed by atoms with Crippen LogP contribution >= 0.6 is 23.2 Å². The second kappa shape index (κ2) is 7.59. The number of ether oxygens (including phenoxy) is 1. The van der Waals surface area contributed by atoms with Gasteiger partial charge in [-0.3, -0.25) is 4.79 Å². The summed E-state index contributed by atoms with van der Waals surface area (Å²) in [6, 6.07) is 7.26. The molecular weight excluding hydrogens is 363 g/mol. The van der Waals surface area contributed by atoms with Crippen molar-refractivity contribution in [1.29, 1.82) is 0 Å². The van der Waals surface area contributed by atoms with Crippen molar-refractivity contribution in [2.45, 2.75) is 13.0 Å². The van der Waals surface area contributed by atoms with Gasteiger partial charge in [0.15, 0.2) is 6.10 Å². The summed E-state index contributed by atoms with van der Waals surface area (Å²) in [4.78, 5) is 23.9. The normalized spacial score (nSPS) is 11.7. The van der Waals surface area contributed by atoms with Gasteiger partial charge in [0.05, 0.1) is 10.6 Å².